The monoisotopic (exact) mass is 301 g/mol. The van der Waals surface area contributed by atoms with Gasteiger partial charge in [-0.05, 0) is 25.5 Å². The lowest BCUT2D eigenvalue weighted by molar-refractivity contribution is 0.486. The predicted octanol–water partition coefficient (Wildman–Crippen LogP) is 2.04. The molecule has 0 saturated carbocycles. The van der Waals surface area contributed by atoms with Crippen LogP contribution in [0.2, 0.25) is 0 Å². The van der Waals surface area contributed by atoms with Gasteiger partial charge in [0.15, 0.2) is 0 Å². The van der Waals surface area contributed by atoms with Gasteiger partial charge in [0.1, 0.15) is 4.90 Å². The molecule has 0 fully saturated rings. The summed E-state index contributed by atoms with van der Waals surface area (Å²) in [7, 11) is -1.74. The van der Waals surface area contributed by atoms with Crippen molar-refractivity contribution in [2.75, 3.05) is 20.1 Å². The van der Waals surface area contributed by atoms with Crippen LogP contribution in [0.3, 0.4) is 0 Å². The maximum Gasteiger partial charge on any atom is 0.244 e. The van der Waals surface area contributed by atoms with Crippen molar-refractivity contribution < 1.29 is 8.42 Å². The molecule has 6 heteroatoms. The van der Waals surface area contributed by atoms with E-state index >= 15 is 0 Å². The molecule has 1 aromatic rings. The third kappa shape index (κ3) is 4.07. The largest absolute Gasteiger partial charge is 0.349 e. The number of hydrogen-bond donors (Lipinski definition) is 1. The molecule has 0 aromatic carbocycles. The molecule has 0 atom stereocenters. The highest BCUT2D eigenvalue weighted by molar-refractivity contribution is 7.89. The molecule has 116 valence electrons. The van der Waals surface area contributed by atoms with Gasteiger partial charge in [0.2, 0.25) is 10.0 Å². The predicted molar refractivity (Wildman–Crippen MR) is 82.2 cm³/mol. The SMILES string of the molecule is CCCNCc1cc(S(=O)(=O)N(C)CC)cn1CCC. The van der Waals surface area contributed by atoms with Crippen LogP contribution >= 0.6 is 0 Å². The zero-order valence-electron chi connectivity index (χ0n) is 13.0. The van der Waals surface area contributed by atoms with Crippen LogP contribution in [0.15, 0.2) is 17.2 Å². The molecule has 0 spiro atoms. The molecule has 0 saturated heterocycles. The Labute approximate surface area is 123 Å². The molecule has 1 rings (SSSR count). The summed E-state index contributed by atoms with van der Waals surface area (Å²) in [5.41, 5.74) is 1.03. The Balaban J connectivity index is 3.02. The fourth-order valence-electron chi connectivity index (χ4n) is 2.01. The molecule has 0 amide bonds. The van der Waals surface area contributed by atoms with Crippen molar-refractivity contribution in [2.24, 2.45) is 0 Å². The minimum absolute atomic E-state index is 0.392. The summed E-state index contributed by atoms with van der Waals surface area (Å²) in [5, 5.41) is 3.33. The van der Waals surface area contributed by atoms with Crippen LogP contribution in [0.25, 0.3) is 0 Å². The minimum atomic E-state index is -3.35. The van der Waals surface area contributed by atoms with Crippen LogP contribution in [-0.4, -0.2) is 37.4 Å². The normalized spacial score (nSPS) is 12.2. The van der Waals surface area contributed by atoms with Crippen LogP contribution in [-0.2, 0) is 23.1 Å². The number of nitrogens with one attached hydrogen (secondary N) is 1. The van der Waals surface area contributed by atoms with E-state index in [2.05, 4.69) is 19.2 Å². The average Bonchev–Trinajstić information content (AvgIpc) is 2.82. The minimum Gasteiger partial charge on any atom is -0.349 e. The molecule has 0 aliphatic rings. The Morgan fingerprint density at radius 2 is 1.95 bits per heavy atom. The average molecular weight is 301 g/mol. The van der Waals surface area contributed by atoms with Crippen molar-refractivity contribution in [3.63, 3.8) is 0 Å². The molecule has 0 aliphatic carbocycles. The van der Waals surface area contributed by atoms with Gasteiger partial charge in [-0.3, -0.25) is 0 Å². The van der Waals surface area contributed by atoms with E-state index in [9.17, 15) is 8.42 Å². The van der Waals surface area contributed by atoms with Gasteiger partial charge < -0.3 is 9.88 Å². The smallest absolute Gasteiger partial charge is 0.244 e. The second-order valence-corrected chi connectivity index (χ2v) is 7.00. The highest BCUT2D eigenvalue weighted by Gasteiger charge is 2.22. The van der Waals surface area contributed by atoms with Crippen LogP contribution in [0, 0.1) is 0 Å². The molecule has 0 unspecified atom stereocenters. The fraction of sp³-hybridized carbons (Fsp3) is 0.714. The standard InChI is InChI=1S/C14H27N3O2S/c1-5-8-15-11-13-10-14(12-17(13)9-6-2)20(18,19)16(4)7-3/h10,12,15H,5-9,11H2,1-4H3. The first-order chi connectivity index (χ1) is 9.47. The number of rotatable bonds is 9. The second kappa shape index (κ2) is 7.81. The fourth-order valence-corrected chi connectivity index (χ4v) is 3.25. The van der Waals surface area contributed by atoms with Gasteiger partial charge in [-0.15, -0.1) is 0 Å². The summed E-state index contributed by atoms with van der Waals surface area (Å²) in [4.78, 5) is 0.392. The first kappa shape index (κ1) is 17.2. The number of hydrogen-bond acceptors (Lipinski definition) is 3. The van der Waals surface area contributed by atoms with Gasteiger partial charge in [0, 0.05) is 38.6 Å². The molecule has 1 aromatic heterocycles. The van der Waals surface area contributed by atoms with E-state index in [0.29, 0.717) is 18.0 Å². The van der Waals surface area contributed by atoms with Gasteiger partial charge >= 0.3 is 0 Å². The van der Waals surface area contributed by atoms with Gasteiger partial charge in [-0.2, -0.15) is 0 Å². The van der Waals surface area contributed by atoms with E-state index in [-0.39, 0.29) is 0 Å². The third-order valence-electron chi connectivity index (χ3n) is 3.31. The lowest BCUT2D eigenvalue weighted by atomic mass is 10.4. The van der Waals surface area contributed by atoms with Crippen LogP contribution in [0.4, 0.5) is 0 Å². The Bertz CT molecular complexity index is 508. The highest BCUT2D eigenvalue weighted by atomic mass is 32.2. The zero-order chi connectivity index (χ0) is 15.2. The first-order valence-corrected chi connectivity index (χ1v) is 8.77. The van der Waals surface area contributed by atoms with Crippen LogP contribution in [0.5, 0.6) is 0 Å². The number of aryl methyl sites for hydroxylation is 1. The Morgan fingerprint density at radius 1 is 1.25 bits per heavy atom. The topological polar surface area (TPSA) is 54.3 Å². The van der Waals surface area contributed by atoms with Gasteiger partial charge in [-0.25, -0.2) is 12.7 Å². The summed E-state index contributed by atoms with van der Waals surface area (Å²) >= 11 is 0. The van der Waals surface area contributed by atoms with Gasteiger partial charge in [0.25, 0.3) is 0 Å². The summed E-state index contributed by atoms with van der Waals surface area (Å²) in [6.07, 6.45) is 3.81. The van der Waals surface area contributed by atoms with E-state index in [1.807, 2.05) is 11.5 Å². The first-order valence-electron chi connectivity index (χ1n) is 7.33. The molecular weight excluding hydrogens is 274 g/mol. The van der Waals surface area contributed by atoms with E-state index in [1.165, 1.54) is 4.31 Å². The maximum atomic E-state index is 12.4. The Kier molecular flexibility index (Phi) is 6.71. The van der Waals surface area contributed by atoms with Crippen LogP contribution < -0.4 is 5.32 Å². The summed E-state index contributed by atoms with van der Waals surface area (Å²) in [6, 6.07) is 1.79. The number of sulfonamides is 1. The summed E-state index contributed by atoms with van der Waals surface area (Å²) in [5.74, 6) is 0. The molecular formula is C14H27N3O2S. The highest BCUT2D eigenvalue weighted by Crippen LogP contribution is 2.18. The molecule has 0 bridgehead atoms. The zero-order valence-corrected chi connectivity index (χ0v) is 13.8. The van der Waals surface area contributed by atoms with E-state index in [0.717, 1.165) is 31.6 Å². The number of nitrogens with zero attached hydrogens (tertiary/aromatic N) is 2. The number of aromatic nitrogens is 1. The molecule has 0 aliphatic heterocycles. The lowest BCUT2D eigenvalue weighted by Crippen LogP contribution is -2.26. The van der Waals surface area contributed by atoms with Crippen molar-refractivity contribution in [3.8, 4) is 0 Å². The Hall–Kier alpha value is -0.850. The van der Waals surface area contributed by atoms with Crippen molar-refractivity contribution in [1.82, 2.24) is 14.2 Å². The molecule has 5 nitrogen and oxygen atoms in total. The van der Waals surface area contributed by atoms with Crippen molar-refractivity contribution >= 4 is 10.0 Å². The quantitative estimate of drug-likeness (QED) is 0.710. The molecule has 0 radical (unpaired) electrons. The van der Waals surface area contributed by atoms with Crippen molar-refractivity contribution in [3.05, 3.63) is 18.0 Å². The van der Waals surface area contributed by atoms with Crippen molar-refractivity contribution in [2.45, 2.75) is 51.6 Å². The molecule has 1 N–H and O–H groups in total. The van der Waals surface area contributed by atoms with Crippen molar-refractivity contribution in [1.29, 1.82) is 0 Å². The molecule has 20 heavy (non-hydrogen) atoms. The second-order valence-electron chi connectivity index (χ2n) is 4.96. The van der Waals surface area contributed by atoms with E-state index in [4.69, 9.17) is 0 Å². The lowest BCUT2D eigenvalue weighted by Gasteiger charge is -2.13. The summed E-state index contributed by atoms with van der Waals surface area (Å²) in [6.45, 7) is 9.01. The Morgan fingerprint density at radius 3 is 2.50 bits per heavy atom. The molecule has 1 heterocycles. The van der Waals surface area contributed by atoms with Gasteiger partial charge in [-0.1, -0.05) is 20.8 Å². The maximum absolute atomic E-state index is 12.4. The van der Waals surface area contributed by atoms with Gasteiger partial charge in [0.05, 0.1) is 0 Å². The van der Waals surface area contributed by atoms with E-state index in [1.54, 1.807) is 19.3 Å². The van der Waals surface area contributed by atoms with Crippen LogP contribution in [0.1, 0.15) is 39.3 Å². The summed E-state index contributed by atoms with van der Waals surface area (Å²) < 4.78 is 28.1. The van der Waals surface area contributed by atoms with E-state index < -0.39 is 10.0 Å². The third-order valence-corrected chi connectivity index (χ3v) is 5.21.